The molecule has 0 unspecified atom stereocenters. The van der Waals surface area contributed by atoms with Crippen LogP contribution in [0.15, 0.2) is 0 Å². The van der Waals surface area contributed by atoms with E-state index in [4.69, 9.17) is 0 Å². The first-order valence-electron chi connectivity index (χ1n) is 4.39. The zero-order chi connectivity index (χ0) is 8.81. The molecule has 0 aliphatic carbocycles. The van der Waals surface area contributed by atoms with Crippen molar-refractivity contribution in [2.45, 2.75) is 19.3 Å². The van der Waals surface area contributed by atoms with E-state index in [0.29, 0.717) is 6.54 Å². The first-order chi connectivity index (χ1) is 5.79. The normalized spacial score (nSPS) is 20.1. The van der Waals surface area contributed by atoms with Crippen LogP contribution in [-0.4, -0.2) is 39.5 Å². The molecule has 1 fully saturated rings. The average molecular weight is 192 g/mol. The molecular formula is C7H16N2O2S. The molecule has 0 aromatic carbocycles. The maximum Gasteiger partial charge on any atom is 0.201 e. The summed E-state index contributed by atoms with van der Waals surface area (Å²) < 4.78 is 22.7. The third-order valence-electron chi connectivity index (χ3n) is 2.12. The number of thiol groups is 1. The van der Waals surface area contributed by atoms with Crippen LogP contribution in [0.2, 0.25) is 0 Å². The Labute approximate surface area is 75.0 Å². The molecule has 0 amide bonds. The Morgan fingerprint density at radius 2 is 1.83 bits per heavy atom. The summed E-state index contributed by atoms with van der Waals surface area (Å²) in [6.45, 7) is 3.65. The van der Waals surface area contributed by atoms with Crippen LogP contribution in [0.4, 0.5) is 0 Å². The summed E-state index contributed by atoms with van der Waals surface area (Å²) >= 11 is 0. The summed E-state index contributed by atoms with van der Waals surface area (Å²) in [5.74, 6) is 0. The van der Waals surface area contributed by atoms with Crippen molar-refractivity contribution in [3.8, 4) is 0 Å². The molecule has 5 heteroatoms. The molecule has 0 bridgehead atoms. The number of hydrogen-bond acceptors (Lipinski definition) is 3. The summed E-state index contributed by atoms with van der Waals surface area (Å²) in [7, 11) is -2.40. The molecule has 1 rings (SSSR count). The van der Waals surface area contributed by atoms with Crippen LogP contribution in [0.3, 0.4) is 0 Å². The molecule has 4 nitrogen and oxygen atoms in total. The van der Waals surface area contributed by atoms with Gasteiger partial charge in [0.15, 0.2) is 0 Å². The standard InChI is InChI=1S/C7H16N2O2S/c10-12(11)8-4-7-9-5-2-1-3-6-9/h12H,1-7H2,(H,8,10,11). The van der Waals surface area contributed by atoms with Crippen LogP contribution < -0.4 is 4.72 Å². The molecule has 72 valence electrons. The van der Waals surface area contributed by atoms with Crippen LogP contribution in [-0.2, 0) is 10.9 Å². The van der Waals surface area contributed by atoms with E-state index in [1.165, 1.54) is 19.3 Å². The summed E-state index contributed by atoms with van der Waals surface area (Å²) in [5.41, 5.74) is 0. The average Bonchev–Trinajstić information content (AvgIpc) is 2.05. The van der Waals surface area contributed by atoms with Crippen molar-refractivity contribution in [1.82, 2.24) is 9.62 Å². The van der Waals surface area contributed by atoms with Crippen molar-refractivity contribution in [1.29, 1.82) is 0 Å². The van der Waals surface area contributed by atoms with Gasteiger partial charge in [0.25, 0.3) is 0 Å². The molecular weight excluding hydrogens is 176 g/mol. The topological polar surface area (TPSA) is 49.4 Å². The first kappa shape index (κ1) is 9.95. The molecule has 0 aromatic rings. The maximum absolute atomic E-state index is 10.1. The van der Waals surface area contributed by atoms with E-state index in [1.807, 2.05) is 0 Å². The molecule has 0 atom stereocenters. The molecule has 1 aliphatic heterocycles. The van der Waals surface area contributed by atoms with Crippen molar-refractivity contribution < 1.29 is 8.42 Å². The Morgan fingerprint density at radius 1 is 1.17 bits per heavy atom. The molecule has 0 spiro atoms. The van der Waals surface area contributed by atoms with Crippen LogP contribution in [0.1, 0.15) is 19.3 Å². The lowest BCUT2D eigenvalue weighted by Crippen LogP contribution is -2.35. The predicted octanol–water partition coefficient (Wildman–Crippen LogP) is -0.412. The Hall–Kier alpha value is -0.130. The van der Waals surface area contributed by atoms with E-state index in [1.54, 1.807) is 0 Å². The molecule has 0 aromatic heterocycles. The number of hydrogen-bond donors (Lipinski definition) is 2. The third kappa shape index (κ3) is 4.04. The van der Waals surface area contributed by atoms with Gasteiger partial charge >= 0.3 is 0 Å². The number of rotatable bonds is 4. The van der Waals surface area contributed by atoms with Gasteiger partial charge < -0.3 is 4.90 Å². The largest absolute Gasteiger partial charge is 0.302 e. The summed E-state index contributed by atoms with van der Waals surface area (Å²) in [6.07, 6.45) is 3.83. The monoisotopic (exact) mass is 192 g/mol. The van der Waals surface area contributed by atoms with Gasteiger partial charge in [0.05, 0.1) is 0 Å². The lowest BCUT2D eigenvalue weighted by atomic mass is 10.1. The molecule has 0 radical (unpaired) electrons. The molecule has 1 aliphatic rings. The SMILES string of the molecule is O=[SH](=O)NCCN1CCCCC1. The van der Waals surface area contributed by atoms with Gasteiger partial charge in [-0.15, -0.1) is 0 Å². The van der Waals surface area contributed by atoms with Gasteiger partial charge in [-0.1, -0.05) is 6.42 Å². The zero-order valence-corrected chi connectivity index (χ0v) is 8.06. The molecule has 0 saturated carbocycles. The third-order valence-corrected chi connectivity index (χ3v) is 2.60. The van der Waals surface area contributed by atoms with Gasteiger partial charge in [0.2, 0.25) is 10.9 Å². The van der Waals surface area contributed by atoms with Gasteiger partial charge in [0, 0.05) is 13.1 Å². The van der Waals surface area contributed by atoms with Crippen molar-refractivity contribution in [2.24, 2.45) is 0 Å². The van der Waals surface area contributed by atoms with Gasteiger partial charge in [-0.25, -0.2) is 13.1 Å². The molecule has 12 heavy (non-hydrogen) atoms. The molecule has 1 N–H and O–H groups in total. The van der Waals surface area contributed by atoms with Gasteiger partial charge in [-0.05, 0) is 25.9 Å². The lowest BCUT2D eigenvalue weighted by molar-refractivity contribution is 0.233. The number of piperidine rings is 1. The van der Waals surface area contributed by atoms with E-state index in [9.17, 15) is 8.42 Å². The minimum absolute atomic E-state index is 0.554. The number of likely N-dealkylation sites (tertiary alicyclic amines) is 1. The maximum atomic E-state index is 10.1. The Kier molecular flexibility index (Phi) is 4.57. The van der Waals surface area contributed by atoms with Crippen LogP contribution in [0.5, 0.6) is 0 Å². The highest BCUT2D eigenvalue weighted by Crippen LogP contribution is 2.06. The predicted molar refractivity (Wildman–Crippen MR) is 48.6 cm³/mol. The van der Waals surface area contributed by atoms with E-state index >= 15 is 0 Å². The highest BCUT2D eigenvalue weighted by atomic mass is 32.2. The number of nitrogens with one attached hydrogen (secondary N) is 1. The number of nitrogens with zero attached hydrogens (tertiary/aromatic N) is 1. The van der Waals surface area contributed by atoms with Crippen LogP contribution >= 0.6 is 0 Å². The van der Waals surface area contributed by atoms with Gasteiger partial charge in [-0.3, -0.25) is 0 Å². The fourth-order valence-electron chi connectivity index (χ4n) is 1.48. The van der Waals surface area contributed by atoms with Crippen molar-refractivity contribution in [2.75, 3.05) is 26.2 Å². The Morgan fingerprint density at radius 3 is 2.42 bits per heavy atom. The minimum atomic E-state index is -2.40. The molecule has 1 heterocycles. The van der Waals surface area contributed by atoms with Gasteiger partial charge in [-0.2, -0.15) is 0 Å². The fraction of sp³-hybridized carbons (Fsp3) is 1.00. The summed E-state index contributed by atoms with van der Waals surface area (Å²) in [4.78, 5) is 2.30. The second kappa shape index (κ2) is 5.50. The second-order valence-electron chi connectivity index (χ2n) is 3.07. The van der Waals surface area contributed by atoms with E-state index in [0.717, 1.165) is 19.6 Å². The van der Waals surface area contributed by atoms with E-state index in [2.05, 4.69) is 9.62 Å². The second-order valence-corrected chi connectivity index (χ2v) is 3.90. The fourth-order valence-corrected chi connectivity index (χ4v) is 1.76. The highest BCUT2D eigenvalue weighted by Gasteiger charge is 2.08. The lowest BCUT2D eigenvalue weighted by Gasteiger charge is -2.25. The van der Waals surface area contributed by atoms with Crippen molar-refractivity contribution in [3.63, 3.8) is 0 Å². The molecule has 1 saturated heterocycles. The zero-order valence-electron chi connectivity index (χ0n) is 7.16. The summed E-state index contributed by atoms with van der Waals surface area (Å²) in [6, 6.07) is 0. The Bertz CT molecular complexity index is 180. The van der Waals surface area contributed by atoms with Crippen LogP contribution in [0, 0.1) is 0 Å². The minimum Gasteiger partial charge on any atom is -0.302 e. The first-order valence-corrected chi connectivity index (χ1v) is 5.57. The smallest absolute Gasteiger partial charge is 0.201 e. The van der Waals surface area contributed by atoms with Crippen molar-refractivity contribution >= 4 is 10.9 Å². The van der Waals surface area contributed by atoms with E-state index < -0.39 is 10.9 Å². The van der Waals surface area contributed by atoms with Crippen LogP contribution in [0.25, 0.3) is 0 Å². The van der Waals surface area contributed by atoms with E-state index in [-0.39, 0.29) is 0 Å². The van der Waals surface area contributed by atoms with Gasteiger partial charge in [0.1, 0.15) is 0 Å². The highest BCUT2D eigenvalue weighted by molar-refractivity contribution is 7.70. The van der Waals surface area contributed by atoms with Crippen molar-refractivity contribution in [3.05, 3.63) is 0 Å². The Balaban J connectivity index is 2.05. The summed E-state index contributed by atoms with van der Waals surface area (Å²) in [5, 5.41) is 0. The quantitative estimate of drug-likeness (QED) is 0.595.